The second-order valence-electron chi connectivity index (χ2n) is 6.19. The van der Waals surface area contributed by atoms with E-state index in [1.54, 1.807) is 69.5 Å². The molecule has 0 aliphatic carbocycles. The molecule has 0 bridgehead atoms. The van der Waals surface area contributed by atoms with Crippen LogP contribution in [0.2, 0.25) is 0 Å². The third kappa shape index (κ3) is 6.31. The van der Waals surface area contributed by atoms with E-state index >= 15 is 0 Å². The van der Waals surface area contributed by atoms with Crippen molar-refractivity contribution in [2.45, 2.75) is 13.8 Å². The highest BCUT2D eigenvalue weighted by molar-refractivity contribution is 5.97. The molecule has 3 amide bonds. The molecule has 8 heteroatoms. The van der Waals surface area contributed by atoms with Crippen molar-refractivity contribution >= 4 is 23.4 Å². The molecule has 0 saturated heterocycles. The van der Waals surface area contributed by atoms with Crippen LogP contribution in [0, 0.1) is 5.92 Å². The number of anilines is 1. The molecular formula is C20H23N3O5. The van der Waals surface area contributed by atoms with Crippen molar-refractivity contribution in [3.63, 3.8) is 0 Å². The van der Waals surface area contributed by atoms with Crippen LogP contribution < -0.4 is 25.6 Å². The Labute approximate surface area is 163 Å². The molecule has 28 heavy (non-hydrogen) atoms. The molecule has 148 valence electrons. The van der Waals surface area contributed by atoms with Crippen LogP contribution in [0.5, 0.6) is 11.5 Å². The van der Waals surface area contributed by atoms with Gasteiger partial charge in [0.15, 0.2) is 6.61 Å². The van der Waals surface area contributed by atoms with E-state index in [0.717, 1.165) is 0 Å². The van der Waals surface area contributed by atoms with E-state index in [1.165, 1.54) is 0 Å². The Kier molecular flexibility index (Phi) is 7.38. The van der Waals surface area contributed by atoms with Crippen molar-refractivity contribution < 1.29 is 23.9 Å². The minimum Gasteiger partial charge on any atom is -0.497 e. The number of ether oxygens (including phenoxy) is 2. The van der Waals surface area contributed by atoms with Crippen LogP contribution in [0.15, 0.2) is 48.5 Å². The van der Waals surface area contributed by atoms with Crippen LogP contribution in [0.4, 0.5) is 5.69 Å². The predicted octanol–water partition coefficient (Wildman–Crippen LogP) is 2.13. The smallest absolute Gasteiger partial charge is 0.276 e. The lowest BCUT2D eigenvalue weighted by atomic mass is 10.1. The molecular weight excluding hydrogens is 362 g/mol. The highest BCUT2D eigenvalue weighted by atomic mass is 16.5. The molecule has 0 atom stereocenters. The second-order valence-corrected chi connectivity index (χ2v) is 6.19. The lowest BCUT2D eigenvalue weighted by Crippen LogP contribution is -2.43. The van der Waals surface area contributed by atoms with Crippen molar-refractivity contribution in [1.29, 1.82) is 0 Å². The Balaban J connectivity index is 1.77. The van der Waals surface area contributed by atoms with Crippen molar-refractivity contribution in [2.24, 2.45) is 5.92 Å². The quantitative estimate of drug-likeness (QED) is 0.633. The highest BCUT2D eigenvalue weighted by Gasteiger charge is 2.10. The van der Waals surface area contributed by atoms with Gasteiger partial charge in [0.1, 0.15) is 11.5 Å². The lowest BCUT2D eigenvalue weighted by molar-refractivity contribution is -0.123. The molecule has 0 heterocycles. The van der Waals surface area contributed by atoms with Crippen molar-refractivity contribution in [1.82, 2.24) is 10.9 Å². The number of amides is 3. The predicted molar refractivity (Wildman–Crippen MR) is 104 cm³/mol. The fourth-order valence-corrected chi connectivity index (χ4v) is 2.05. The molecule has 8 nitrogen and oxygen atoms in total. The first-order valence-corrected chi connectivity index (χ1v) is 8.66. The first kappa shape index (κ1) is 20.8. The maximum Gasteiger partial charge on any atom is 0.276 e. The minimum absolute atomic E-state index is 0.110. The van der Waals surface area contributed by atoms with Gasteiger partial charge >= 0.3 is 0 Å². The van der Waals surface area contributed by atoms with Crippen LogP contribution in [-0.2, 0) is 9.59 Å². The zero-order valence-electron chi connectivity index (χ0n) is 15.9. The first-order valence-electron chi connectivity index (χ1n) is 8.66. The molecule has 3 N–H and O–H groups in total. The summed E-state index contributed by atoms with van der Waals surface area (Å²) in [6.07, 6.45) is 0. The van der Waals surface area contributed by atoms with Gasteiger partial charge in [-0.05, 0) is 48.5 Å². The summed E-state index contributed by atoms with van der Waals surface area (Å²) in [4.78, 5) is 35.5. The van der Waals surface area contributed by atoms with Gasteiger partial charge in [-0.3, -0.25) is 25.2 Å². The number of benzene rings is 2. The van der Waals surface area contributed by atoms with E-state index in [0.29, 0.717) is 22.7 Å². The molecule has 2 rings (SSSR count). The lowest BCUT2D eigenvalue weighted by Gasteiger charge is -2.10. The summed E-state index contributed by atoms with van der Waals surface area (Å²) in [5.74, 6) is -0.0654. The second kappa shape index (κ2) is 9.96. The number of methoxy groups -OCH3 is 1. The van der Waals surface area contributed by atoms with E-state index in [1.807, 2.05) is 0 Å². The largest absolute Gasteiger partial charge is 0.497 e. The molecule has 0 fully saturated rings. The monoisotopic (exact) mass is 385 g/mol. The zero-order chi connectivity index (χ0) is 20.5. The number of carbonyl (C=O) groups excluding carboxylic acids is 3. The van der Waals surface area contributed by atoms with Crippen LogP contribution in [0.1, 0.15) is 24.2 Å². The number of carbonyl (C=O) groups is 3. The van der Waals surface area contributed by atoms with Crippen LogP contribution >= 0.6 is 0 Å². The van der Waals surface area contributed by atoms with E-state index in [4.69, 9.17) is 9.47 Å². The molecule has 2 aromatic carbocycles. The SMILES string of the molecule is COc1ccc(OCC(=O)NNC(=O)c2ccc(NC(=O)C(C)C)cc2)cc1. The summed E-state index contributed by atoms with van der Waals surface area (Å²) in [6, 6.07) is 13.1. The fraction of sp³-hybridized carbons (Fsp3) is 0.250. The van der Waals surface area contributed by atoms with Crippen LogP contribution in [0.3, 0.4) is 0 Å². The van der Waals surface area contributed by atoms with Gasteiger partial charge < -0.3 is 14.8 Å². The molecule has 0 aliphatic heterocycles. The summed E-state index contributed by atoms with van der Waals surface area (Å²) < 4.78 is 10.4. The third-order valence-corrected chi connectivity index (χ3v) is 3.68. The van der Waals surface area contributed by atoms with E-state index in [9.17, 15) is 14.4 Å². The summed E-state index contributed by atoms with van der Waals surface area (Å²) in [5.41, 5.74) is 5.51. The summed E-state index contributed by atoms with van der Waals surface area (Å²) in [5, 5.41) is 2.73. The molecule has 0 unspecified atom stereocenters. The van der Waals surface area contributed by atoms with Crippen LogP contribution in [0.25, 0.3) is 0 Å². The summed E-state index contributed by atoms with van der Waals surface area (Å²) in [7, 11) is 1.56. The van der Waals surface area contributed by atoms with Gasteiger partial charge in [0.05, 0.1) is 7.11 Å². The van der Waals surface area contributed by atoms with Crippen molar-refractivity contribution in [2.75, 3.05) is 19.0 Å². The maximum atomic E-state index is 12.1. The topological polar surface area (TPSA) is 106 Å². The van der Waals surface area contributed by atoms with Gasteiger partial charge in [-0.25, -0.2) is 0 Å². The third-order valence-electron chi connectivity index (χ3n) is 3.68. The Morgan fingerprint density at radius 1 is 0.893 bits per heavy atom. The molecule has 2 aromatic rings. The van der Waals surface area contributed by atoms with Crippen LogP contribution in [-0.4, -0.2) is 31.4 Å². The Bertz CT molecular complexity index is 817. The highest BCUT2D eigenvalue weighted by Crippen LogP contribution is 2.16. The van der Waals surface area contributed by atoms with Gasteiger partial charge in [-0.15, -0.1) is 0 Å². The number of hydrogen-bond acceptors (Lipinski definition) is 5. The standard InChI is InChI=1S/C20H23N3O5/c1-13(2)19(25)21-15-6-4-14(5-7-15)20(26)23-22-18(24)12-28-17-10-8-16(27-3)9-11-17/h4-11,13H,12H2,1-3H3,(H,21,25)(H,22,24)(H,23,26). The number of hydrogen-bond donors (Lipinski definition) is 3. The maximum absolute atomic E-state index is 12.1. The number of rotatable bonds is 7. The number of hydrazine groups is 1. The first-order chi connectivity index (χ1) is 13.4. The van der Waals surface area contributed by atoms with Gasteiger partial charge in [0, 0.05) is 17.2 Å². The van der Waals surface area contributed by atoms with Gasteiger partial charge in [0.25, 0.3) is 11.8 Å². The average molecular weight is 385 g/mol. The molecule has 0 aromatic heterocycles. The minimum atomic E-state index is -0.509. The van der Waals surface area contributed by atoms with E-state index in [2.05, 4.69) is 16.2 Å². The van der Waals surface area contributed by atoms with Gasteiger partial charge in [-0.1, -0.05) is 13.8 Å². The molecule has 0 saturated carbocycles. The van der Waals surface area contributed by atoms with Gasteiger partial charge in [-0.2, -0.15) is 0 Å². The summed E-state index contributed by atoms with van der Waals surface area (Å²) >= 11 is 0. The van der Waals surface area contributed by atoms with Crippen molar-refractivity contribution in [3.05, 3.63) is 54.1 Å². The normalized spacial score (nSPS) is 10.1. The molecule has 0 spiro atoms. The fourth-order valence-electron chi connectivity index (χ4n) is 2.05. The Morgan fingerprint density at radius 3 is 2.07 bits per heavy atom. The van der Waals surface area contributed by atoms with Crippen molar-refractivity contribution in [3.8, 4) is 11.5 Å². The summed E-state index contributed by atoms with van der Waals surface area (Å²) in [6.45, 7) is 3.32. The average Bonchev–Trinajstić information content (AvgIpc) is 2.71. The molecule has 0 aliphatic rings. The molecule has 0 radical (unpaired) electrons. The number of nitrogens with one attached hydrogen (secondary N) is 3. The van der Waals surface area contributed by atoms with E-state index in [-0.39, 0.29) is 18.4 Å². The Morgan fingerprint density at radius 2 is 1.50 bits per heavy atom. The zero-order valence-corrected chi connectivity index (χ0v) is 15.9. The van der Waals surface area contributed by atoms with Gasteiger partial charge in [0.2, 0.25) is 5.91 Å². The van der Waals surface area contributed by atoms with E-state index < -0.39 is 11.8 Å². The Hall–Kier alpha value is -3.55.